The van der Waals surface area contributed by atoms with Crippen LogP contribution >= 0.6 is 0 Å². The van der Waals surface area contributed by atoms with E-state index in [1.807, 2.05) is 6.07 Å². The third kappa shape index (κ3) is 1.38. The molecule has 10 heavy (non-hydrogen) atoms. The van der Waals surface area contributed by atoms with E-state index in [2.05, 4.69) is 32.9 Å². The molecule has 0 spiro atoms. The highest BCUT2D eigenvalue weighted by atomic mass is 16.5. The lowest BCUT2D eigenvalue weighted by Gasteiger charge is -2.12. The molecule has 55 valence electrons. The summed E-state index contributed by atoms with van der Waals surface area (Å²) >= 11 is 0. The maximum Gasteiger partial charge on any atom is 0.137 e. The molecule has 0 unspecified atom stereocenters. The zero-order chi connectivity index (χ0) is 7.78. The Balaban J connectivity index is 2.96. The maximum absolute atomic E-state index is 4.83. The highest BCUT2D eigenvalue weighted by molar-refractivity contribution is 5.14. The molecule has 0 amide bonds. The lowest BCUT2D eigenvalue weighted by atomic mass is 9.92. The smallest absolute Gasteiger partial charge is 0.137 e. The summed E-state index contributed by atoms with van der Waals surface area (Å²) in [5.74, 6) is 0.630. The van der Waals surface area contributed by atoms with Gasteiger partial charge in [0.15, 0.2) is 0 Å². The largest absolute Gasteiger partial charge is 0.361 e. The average Bonchev–Trinajstić information content (AvgIpc) is 2.11. The molecule has 0 bridgehead atoms. The van der Waals surface area contributed by atoms with Crippen molar-refractivity contribution in [1.82, 2.24) is 5.16 Å². The zero-order valence-electron chi connectivity index (χ0n) is 6.64. The predicted octanol–water partition coefficient (Wildman–Crippen LogP) is 2.15. The molecule has 2 nitrogen and oxygen atoms in total. The second kappa shape index (κ2) is 2.11. The highest BCUT2D eigenvalue weighted by Gasteiger charge is 2.17. The molecular weight excluding hydrogens is 126 g/mol. The van der Waals surface area contributed by atoms with Crippen molar-refractivity contribution >= 4 is 0 Å². The SMILES string of the molecule is [CH2]c1cc(C(C)(C)C)no1. The average molecular weight is 138 g/mol. The van der Waals surface area contributed by atoms with Gasteiger partial charge < -0.3 is 4.52 Å². The summed E-state index contributed by atoms with van der Waals surface area (Å²) in [5.41, 5.74) is 1.02. The summed E-state index contributed by atoms with van der Waals surface area (Å²) in [7, 11) is 0. The van der Waals surface area contributed by atoms with Gasteiger partial charge in [0, 0.05) is 18.4 Å². The van der Waals surface area contributed by atoms with Crippen molar-refractivity contribution < 1.29 is 4.52 Å². The van der Waals surface area contributed by atoms with Gasteiger partial charge in [-0.3, -0.25) is 0 Å². The van der Waals surface area contributed by atoms with Crippen LogP contribution in [0.15, 0.2) is 10.6 Å². The number of rotatable bonds is 0. The van der Waals surface area contributed by atoms with E-state index in [1.54, 1.807) is 0 Å². The van der Waals surface area contributed by atoms with E-state index in [1.165, 1.54) is 0 Å². The third-order valence-corrected chi connectivity index (χ3v) is 1.33. The minimum absolute atomic E-state index is 0.0689. The Morgan fingerprint density at radius 3 is 2.30 bits per heavy atom. The third-order valence-electron chi connectivity index (χ3n) is 1.33. The van der Waals surface area contributed by atoms with E-state index >= 15 is 0 Å². The first-order chi connectivity index (χ1) is 4.50. The molecule has 0 fully saturated rings. The fraction of sp³-hybridized carbons (Fsp3) is 0.500. The summed E-state index contributed by atoms with van der Waals surface area (Å²) in [4.78, 5) is 0. The topological polar surface area (TPSA) is 26.0 Å². The van der Waals surface area contributed by atoms with Crippen LogP contribution in [0.5, 0.6) is 0 Å². The molecule has 1 heterocycles. The molecular formula is C8H12NO. The molecule has 2 heteroatoms. The van der Waals surface area contributed by atoms with E-state index in [4.69, 9.17) is 4.52 Å². The number of hydrogen-bond acceptors (Lipinski definition) is 2. The summed E-state index contributed by atoms with van der Waals surface area (Å²) in [6.45, 7) is 9.89. The van der Waals surface area contributed by atoms with Gasteiger partial charge in [0.25, 0.3) is 0 Å². The van der Waals surface area contributed by atoms with Gasteiger partial charge in [-0.1, -0.05) is 25.9 Å². The number of hydrogen-bond donors (Lipinski definition) is 0. The number of nitrogens with zero attached hydrogens (tertiary/aromatic N) is 1. The minimum Gasteiger partial charge on any atom is -0.361 e. The monoisotopic (exact) mass is 138 g/mol. The molecule has 0 saturated carbocycles. The number of aromatic nitrogens is 1. The second-order valence-corrected chi connectivity index (χ2v) is 3.43. The van der Waals surface area contributed by atoms with Gasteiger partial charge >= 0.3 is 0 Å². The predicted molar refractivity (Wildman–Crippen MR) is 39.7 cm³/mol. The van der Waals surface area contributed by atoms with Crippen molar-refractivity contribution in [3.8, 4) is 0 Å². The first kappa shape index (κ1) is 7.32. The van der Waals surface area contributed by atoms with Crippen LogP contribution in [0.4, 0.5) is 0 Å². The van der Waals surface area contributed by atoms with Crippen LogP contribution in [-0.4, -0.2) is 5.16 Å². The molecule has 0 aliphatic carbocycles. The van der Waals surface area contributed by atoms with E-state index in [0.717, 1.165) is 5.69 Å². The zero-order valence-corrected chi connectivity index (χ0v) is 6.64. The summed E-state index contributed by atoms with van der Waals surface area (Å²) in [6.07, 6.45) is 0. The van der Waals surface area contributed by atoms with Gasteiger partial charge in [-0.15, -0.1) is 0 Å². The van der Waals surface area contributed by atoms with Crippen molar-refractivity contribution in [2.45, 2.75) is 26.2 Å². The molecule has 0 aromatic carbocycles. The van der Waals surface area contributed by atoms with Crippen LogP contribution in [0.3, 0.4) is 0 Å². The molecule has 0 N–H and O–H groups in total. The minimum atomic E-state index is 0.0689. The Hall–Kier alpha value is -0.790. The van der Waals surface area contributed by atoms with Crippen LogP contribution in [-0.2, 0) is 5.41 Å². The first-order valence-electron chi connectivity index (χ1n) is 3.29. The van der Waals surface area contributed by atoms with Crippen LogP contribution in [0.1, 0.15) is 32.2 Å². The summed E-state index contributed by atoms with van der Waals surface area (Å²) in [5, 5.41) is 3.85. The Morgan fingerprint density at radius 2 is 2.10 bits per heavy atom. The lowest BCUT2D eigenvalue weighted by Crippen LogP contribution is -2.10. The molecule has 0 aliphatic heterocycles. The van der Waals surface area contributed by atoms with Crippen LogP contribution < -0.4 is 0 Å². The van der Waals surface area contributed by atoms with Gasteiger partial charge in [0.2, 0.25) is 0 Å². The molecule has 1 aromatic rings. The Bertz CT molecular complexity index is 219. The van der Waals surface area contributed by atoms with Crippen molar-refractivity contribution in [2.75, 3.05) is 0 Å². The molecule has 0 atom stereocenters. The maximum atomic E-state index is 4.83. The van der Waals surface area contributed by atoms with Crippen molar-refractivity contribution in [1.29, 1.82) is 0 Å². The molecule has 1 radical (unpaired) electrons. The Labute approximate surface area is 61.2 Å². The summed E-state index contributed by atoms with van der Waals surface area (Å²) < 4.78 is 4.83. The van der Waals surface area contributed by atoms with Crippen molar-refractivity contribution in [2.24, 2.45) is 0 Å². The van der Waals surface area contributed by atoms with E-state index in [0.29, 0.717) is 5.76 Å². The van der Waals surface area contributed by atoms with Crippen LogP contribution in [0.25, 0.3) is 0 Å². The van der Waals surface area contributed by atoms with E-state index in [9.17, 15) is 0 Å². The normalized spacial score (nSPS) is 12.0. The van der Waals surface area contributed by atoms with Gasteiger partial charge in [-0.05, 0) is 0 Å². The van der Waals surface area contributed by atoms with Gasteiger partial charge in [0.05, 0.1) is 5.69 Å². The Morgan fingerprint density at radius 1 is 1.50 bits per heavy atom. The Kier molecular flexibility index (Phi) is 1.55. The van der Waals surface area contributed by atoms with Gasteiger partial charge in [0.1, 0.15) is 5.76 Å². The van der Waals surface area contributed by atoms with Crippen molar-refractivity contribution in [3.05, 3.63) is 24.4 Å². The summed E-state index contributed by atoms with van der Waals surface area (Å²) in [6, 6.07) is 1.86. The first-order valence-corrected chi connectivity index (χ1v) is 3.29. The molecule has 0 saturated heterocycles. The van der Waals surface area contributed by atoms with Crippen LogP contribution in [0, 0.1) is 6.92 Å². The van der Waals surface area contributed by atoms with Gasteiger partial charge in [-0.25, -0.2) is 0 Å². The fourth-order valence-corrected chi connectivity index (χ4v) is 0.666. The van der Waals surface area contributed by atoms with Crippen molar-refractivity contribution in [3.63, 3.8) is 0 Å². The second-order valence-electron chi connectivity index (χ2n) is 3.43. The van der Waals surface area contributed by atoms with Gasteiger partial charge in [-0.2, -0.15) is 0 Å². The lowest BCUT2D eigenvalue weighted by molar-refractivity contribution is 0.383. The molecule has 1 aromatic heterocycles. The molecule has 1 rings (SSSR count). The molecule has 0 aliphatic rings. The van der Waals surface area contributed by atoms with Crippen LogP contribution in [0.2, 0.25) is 0 Å². The fourth-order valence-electron chi connectivity index (χ4n) is 0.666. The standard InChI is InChI=1S/C8H12NO/c1-6-5-7(9-10-6)8(2,3)4/h5H,1H2,2-4H3. The van der Waals surface area contributed by atoms with E-state index in [-0.39, 0.29) is 5.41 Å². The highest BCUT2D eigenvalue weighted by Crippen LogP contribution is 2.20. The van der Waals surface area contributed by atoms with E-state index < -0.39 is 0 Å². The quantitative estimate of drug-likeness (QED) is 0.549.